The molecule has 4 atom stereocenters. The molecule has 1 amide bonds. The summed E-state index contributed by atoms with van der Waals surface area (Å²) < 4.78 is 1.69. The highest BCUT2D eigenvalue weighted by Crippen LogP contribution is 2.49. The van der Waals surface area contributed by atoms with Crippen LogP contribution < -0.4 is 5.32 Å². The van der Waals surface area contributed by atoms with Crippen LogP contribution in [0.25, 0.3) is 0 Å². The zero-order valence-corrected chi connectivity index (χ0v) is 12.9. The van der Waals surface area contributed by atoms with Crippen LogP contribution in [-0.2, 0) is 6.54 Å². The molecule has 1 aromatic rings. The second kappa shape index (κ2) is 5.40. The molecule has 3 rings (SSSR count). The SMILES string of the molecule is CCn1cc(Cl)c(C(=O)N[C@H](C)[C@H]2C[C@H]3CC[C@H]2C3)n1. The smallest absolute Gasteiger partial charge is 0.273 e. The van der Waals surface area contributed by atoms with Crippen molar-refractivity contribution >= 4 is 17.5 Å². The quantitative estimate of drug-likeness (QED) is 0.928. The van der Waals surface area contributed by atoms with Gasteiger partial charge in [0.15, 0.2) is 5.69 Å². The molecule has 4 nitrogen and oxygen atoms in total. The first-order chi connectivity index (χ1) is 9.58. The van der Waals surface area contributed by atoms with Gasteiger partial charge in [-0.25, -0.2) is 0 Å². The molecule has 0 aliphatic heterocycles. The van der Waals surface area contributed by atoms with Gasteiger partial charge in [0, 0.05) is 18.8 Å². The van der Waals surface area contributed by atoms with Crippen molar-refractivity contribution < 1.29 is 4.79 Å². The Morgan fingerprint density at radius 1 is 1.55 bits per heavy atom. The van der Waals surface area contributed by atoms with Gasteiger partial charge in [-0.3, -0.25) is 9.48 Å². The van der Waals surface area contributed by atoms with E-state index in [2.05, 4.69) is 17.3 Å². The average molecular weight is 296 g/mol. The van der Waals surface area contributed by atoms with Crippen LogP contribution in [0.2, 0.25) is 5.02 Å². The Labute approximate surface area is 124 Å². The van der Waals surface area contributed by atoms with Crippen molar-refractivity contribution in [1.29, 1.82) is 0 Å². The molecule has 2 aliphatic rings. The lowest BCUT2D eigenvalue weighted by molar-refractivity contribution is 0.0909. The van der Waals surface area contributed by atoms with Gasteiger partial charge >= 0.3 is 0 Å². The first-order valence-corrected chi connectivity index (χ1v) is 8.00. The first kappa shape index (κ1) is 13.9. The molecular formula is C15H22ClN3O. The third-order valence-electron chi connectivity index (χ3n) is 5.05. The molecule has 110 valence electrons. The number of amides is 1. The van der Waals surface area contributed by atoms with E-state index < -0.39 is 0 Å². The highest BCUT2D eigenvalue weighted by molar-refractivity contribution is 6.33. The molecule has 1 heterocycles. The normalized spacial score (nSPS) is 29.6. The van der Waals surface area contributed by atoms with Crippen molar-refractivity contribution in [2.24, 2.45) is 17.8 Å². The van der Waals surface area contributed by atoms with E-state index in [1.54, 1.807) is 10.9 Å². The number of hydrogen-bond acceptors (Lipinski definition) is 2. The number of nitrogens with zero attached hydrogens (tertiary/aromatic N) is 2. The Morgan fingerprint density at radius 3 is 2.90 bits per heavy atom. The maximum atomic E-state index is 12.3. The standard InChI is InChI=1S/C15H22ClN3O/c1-3-19-8-13(16)14(18-19)15(20)17-9(2)12-7-10-4-5-11(12)6-10/h8-12H,3-7H2,1-2H3,(H,17,20)/t9-,10+,11+,12-/m1/s1. The Bertz CT molecular complexity index is 513. The maximum absolute atomic E-state index is 12.3. The Balaban J connectivity index is 1.64. The lowest BCUT2D eigenvalue weighted by atomic mass is 9.84. The highest BCUT2D eigenvalue weighted by Gasteiger charge is 2.42. The van der Waals surface area contributed by atoms with Gasteiger partial charge in [0.1, 0.15) is 0 Å². The van der Waals surface area contributed by atoms with E-state index in [0.29, 0.717) is 16.6 Å². The minimum Gasteiger partial charge on any atom is -0.348 e. The summed E-state index contributed by atoms with van der Waals surface area (Å²) in [6, 6.07) is 0.209. The summed E-state index contributed by atoms with van der Waals surface area (Å²) >= 11 is 6.08. The predicted octanol–water partition coefficient (Wildman–Crippen LogP) is 3.11. The molecule has 2 fully saturated rings. The Hall–Kier alpha value is -1.03. The fourth-order valence-corrected chi connectivity index (χ4v) is 4.24. The molecular weight excluding hydrogens is 274 g/mol. The lowest BCUT2D eigenvalue weighted by Gasteiger charge is -2.28. The minimum atomic E-state index is -0.141. The summed E-state index contributed by atoms with van der Waals surface area (Å²) in [7, 11) is 0. The van der Waals surface area contributed by atoms with Crippen molar-refractivity contribution in [3.8, 4) is 0 Å². The summed E-state index contributed by atoms with van der Waals surface area (Å²) in [6.45, 7) is 4.81. The van der Waals surface area contributed by atoms with Crippen LogP contribution in [0.4, 0.5) is 0 Å². The van der Waals surface area contributed by atoms with Crippen LogP contribution in [-0.4, -0.2) is 21.7 Å². The maximum Gasteiger partial charge on any atom is 0.273 e. The number of hydrogen-bond donors (Lipinski definition) is 1. The van der Waals surface area contributed by atoms with Gasteiger partial charge in [0.2, 0.25) is 0 Å². The molecule has 0 aromatic carbocycles. The minimum absolute atomic E-state index is 0.141. The van der Waals surface area contributed by atoms with Crippen LogP contribution in [0.1, 0.15) is 50.0 Å². The number of carbonyl (C=O) groups excluding carboxylic acids is 1. The molecule has 2 bridgehead atoms. The van der Waals surface area contributed by atoms with E-state index in [4.69, 9.17) is 11.6 Å². The number of halogens is 1. The first-order valence-electron chi connectivity index (χ1n) is 7.62. The third-order valence-corrected chi connectivity index (χ3v) is 5.33. The van der Waals surface area contributed by atoms with Gasteiger partial charge in [-0.15, -0.1) is 0 Å². The fourth-order valence-electron chi connectivity index (χ4n) is 4.00. The van der Waals surface area contributed by atoms with Gasteiger partial charge in [0.05, 0.1) is 5.02 Å². The summed E-state index contributed by atoms with van der Waals surface area (Å²) in [6.07, 6.45) is 7.05. The van der Waals surface area contributed by atoms with Crippen LogP contribution in [0.3, 0.4) is 0 Å². The molecule has 0 unspecified atom stereocenters. The van der Waals surface area contributed by atoms with Crippen LogP contribution in [0.5, 0.6) is 0 Å². The van der Waals surface area contributed by atoms with Crippen molar-refractivity contribution in [1.82, 2.24) is 15.1 Å². The van der Waals surface area contributed by atoms with E-state index in [-0.39, 0.29) is 11.9 Å². The van der Waals surface area contributed by atoms with Crippen molar-refractivity contribution in [3.63, 3.8) is 0 Å². The van der Waals surface area contributed by atoms with Gasteiger partial charge < -0.3 is 5.32 Å². The monoisotopic (exact) mass is 295 g/mol. The topological polar surface area (TPSA) is 46.9 Å². The third kappa shape index (κ3) is 2.46. The van der Waals surface area contributed by atoms with Gasteiger partial charge in [-0.05, 0) is 50.9 Å². The fraction of sp³-hybridized carbons (Fsp3) is 0.733. The Kier molecular flexibility index (Phi) is 3.76. The summed E-state index contributed by atoms with van der Waals surface area (Å²) in [5.41, 5.74) is 0.350. The average Bonchev–Trinajstić information content (AvgIpc) is 3.12. The highest BCUT2D eigenvalue weighted by atomic mass is 35.5. The lowest BCUT2D eigenvalue weighted by Crippen LogP contribution is -2.40. The van der Waals surface area contributed by atoms with E-state index >= 15 is 0 Å². The largest absolute Gasteiger partial charge is 0.348 e. The van der Waals surface area contributed by atoms with Crippen molar-refractivity contribution in [2.75, 3.05) is 0 Å². The molecule has 1 aromatic heterocycles. The van der Waals surface area contributed by atoms with E-state index in [0.717, 1.165) is 18.4 Å². The summed E-state index contributed by atoms with van der Waals surface area (Å²) in [4.78, 5) is 12.3. The molecule has 20 heavy (non-hydrogen) atoms. The summed E-state index contributed by atoms with van der Waals surface area (Å²) in [5.74, 6) is 2.19. The van der Waals surface area contributed by atoms with Gasteiger partial charge in [-0.1, -0.05) is 18.0 Å². The van der Waals surface area contributed by atoms with E-state index in [1.165, 1.54) is 25.7 Å². The van der Waals surface area contributed by atoms with Crippen molar-refractivity contribution in [2.45, 2.75) is 52.1 Å². The molecule has 0 spiro atoms. The number of fused-ring (bicyclic) bond motifs is 2. The van der Waals surface area contributed by atoms with Crippen LogP contribution >= 0.6 is 11.6 Å². The van der Waals surface area contributed by atoms with E-state index in [9.17, 15) is 4.79 Å². The summed E-state index contributed by atoms with van der Waals surface area (Å²) in [5, 5.41) is 7.77. The number of carbonyl (C=O) groups is 1. The molecule has 0 saturated heterocycles. The molecule has 2 aliphatic carbocycles. The zero-order valence-electron chi connectivity index (χ0n) is 12.1. The van der Waals surface area contributed by atoms with Crippen LogP contribution in [0, 0.1) is 17.8 Å². The molecule has 5 heteroatoms. The molecule has 2 saturated carbocycles. The number of rotatable bonds is 4. The zero-order chi connectivity index (χ0) is 14.3. The number of aromatic nitrogens is 2. The molecule has 0 radical (unpaired) electrons. The van der Waals surface area contributed by atoms with E-state index in [1.807, 2.05) is 6.92 Å². The second-order valence-electron chi connectivity index (χ2n) is 6.28. The van der Waals surface area contributed by atoms with Crippen LogP contribution in [0.15, 0.2) is 6.20 Å². The number of nitrogens with one attached hydrogen (secondary N) is 1. The van der Waals surface area contributed by atoms with Gasteiger partial charge in [0.25, 0.3) is 5.91 Å². The second-order valence-corrected chi connectivity index (χ2v) is 6.69. The Morgan fingerprint density at radius 2 is 2.35 bits per heavy atom. The molecule has 1 N–H and O–H groups in total. The predicted molar refractivity (Wildman–Crippen MR) is 78.8 cm³/mol. The number of aryl methyl sites for hydroxylation is 1. The van der Waals surface area contributed by atoms with Crippen molar-refractivity contribution in [3.05, 3.63) is 16.9 Å². The van der Waals surface area contributed by atoms with Gasteiger partial charge in [-0.2, -0.15) is 5.10 Å².